The number of halogens is 2. The van der Waals surface area contributed by atoms with Gasteiger partial charge in [0, 0.05) is 31.9 Å². The van der Waals surface area contributed by atoms with Crippen LogP contribution in [0.25, 0.3) is 0 Å². The molecular weight excluding hydrogens is 339 g/mol. The molecule has 1 amide bonds. The zero-order chi connectivity index (χ0) is 15.6. The molecule has 0 N–H and O–H groups in total. The highest BCUT2D eigenvalue weighted by molar-refractivity contribution is 9.10. The van der Waals surface area contributed by atoms with E-state index >= 15 is 0 Å². The Kier molecular flexibility index (Phi) is 4.76. The first-order valence-electron chi connectivity index (χ1n) is 6.94. The van der Waals surface area contributed by atoms with Gasteiger partial charge >= 0.3 is 6.09 Å². The molecule has 1 aromatic carbocycles. The van der Waals surface area contributed by atoms with E-state index in [0.29, 0.717) is 30.7 Å². The van der Waals surface area contributed by atoms with E-state index in [1.54, 1.807) is 11.0 Å². The van der Waals surface area contributed by atoms with E-state index in [0.717, 1.165) is 5.69 Å². The van der Waals surface area contributed by atoms with Gasteiger partial charge in [0.05, 0.1) is 4.47 Å². The van der Waals surface area contributed by atoms with Crippen molar-refractivity contribution in [3.05, 3.63) is 28.5 Å². The van der Waals surface area contributed by atoms with E-state index in [9.17, 15) is 9.18 Å². The zero-order valence-electron chi connectivity index (χ0n) is 12.5. The average molecular weight is 359 g/mol. The number of carbonyl (C=O) groups excluding carboxylic acids is 1. The third-order valence-corrected chi connectivity index (χ3v) is 3.84. The fourth-order valence-corrected chi connectivity index (χ4v) is 2.40. The van der Waals surface area contributed by atoms with E-state index in [1.807, 2.05) is 26.8 Å². The number of nitrogens with zero attached hydrogens (tertiary/aromatic N) is 2. The molecule has 6 heteroatoms. The molecule has 21 heavy (non-hydrogen) atoms. The van der Waals surface area contributed by atoms with Crippen molar-refractivity contribution in [3.63, 3.8) is 0 Å². The molecule has 0 spiro atoms. The summed E-state index contributed by atoms with van der Waals surface area (Å²) in [7, 11) is 0. The normalized spacial score (nSPS) is 16.0. The lowest BCUT2D eigenvalue weighted by atomic mass is 10.2. The molecule has 1 aliphatic rings. The Hall–Kier alpha value is -1.30. The van der Waals surface area contributed by atoms with Crippen molar-refractivity contribution < 1.29 is 13.9 Å². The van der Waals surface area contributed by atoms with Gasteiger partial charge in [0.15, 0.2) is 0 Å². The molecule has 1 aliphatic heterocycles. The lowest BCUT2D eigenvalue weighted by Crippen LogP contribution is -2.50. The number of piperazine rings is 1. The highest BCUT2D eigenvalue weighted by atomic mass is 79.9. The highest BCUT2D eigenvalue weighted by Crippen LogP contribution is 2.23. The molecule has 1 saturated heterocycles. The number of benzene rings is 1. The molecule has 2 rings (SSSR count). The second-order valence-electron chi connectivity index (χ2n) is 6.05. The van der Waals surface area contributed by atoms with Gasteiger partial charge in [-0.1, -0.05) is 0 Å². The molecule has 1 aromatic rings. The van der Waals surface area contributed by atoms with Crippen molar-refractivity contribution in [3.8, 4) is 0 Å². The van der Waals surface area contributed by atoms with Crippen LogP contribution in [0.2, 0.25) is 0 Å². The quantitative estimate of drug-likeness (QED) is 0.768. The van der Waals surface area contributed by atoms with Crippen molar-refractivity contribution in [2.75, 3.05) is 31.1 Å². The van der Waals surface area contributed by atoms with Crippen molar-refractivity contribution >= 4 is 27.7 Å². The Bertz CT molecular complexity index is 523. The van der Waals surface area contributed by atoms with Crippen LogP contribution in [0.1, 0.15) is 20.8 Å². The minimum absolute atomic E-state index is 0.276. The average Bonchev–Trinajstić information content (AvgIpc) is 2.40. The Morgan fingerprint density at radius 3 is 2.38 bits per heavy atom. The van der Waals surface area contributed by atoms with Gasteiger partial charge in [-0.3, -0.25) is 0 Å². The number of amides is 1. The summed E-state index contributed by atoms with van der Waals surface area (Å²) in [4.78, 5) is 15.7. The maximum Gasteiger partial charge on any atom is 0.410 e. The van der Waals surface area contributed by atoms with E-state index in [-0.39, 0.29) is 11.9 Å². The topological polar surface area (TPSA) is 32.8 Å². The van der Waals surface area contributed by atoms with Crippen molar-refractivity contribution in [2.24, 2.45) is 0 Å². The second kappa shape index (κ2) is 6.22. The molecule has 0 aliphatic carbocycles. The number of anilines is 1. The van der Waals surface area contributed by atoms with E-state index in [1.165, 1.54) is 6.07 Å². The summed E-state index contributed by atoms with van der Waals surface area (Å²) in [6.45, 7) is 8.04. The monoisotopic (exact) mass is 358 g/mol. The molecule has 0 saturated carbocycles. The minimum Gasteiger partial charge on any atom is -0.444 e. The lowest BCUT2D eigenvalue weighted by molar-refractivity contribution is 0.0240. The fraction of sp³-hybridized carbons (Fsp3) is 0.533. The summed E-state index contributed by atoms with van der Waals surface area (Å²) in [5.74, 6) is -0.276. The summed E-state index contributed by atoms with van der Waals surface area (Å²) >= 11 is 3.15. The molecule has 0 bridgehead atoms. The van der Waals surface area contributed by atoms with Gasteiger partial charge in [-0.25, -0.2) is 9.18 Å². The first-order chi connectivity index (χ1) is 9.76. The number of rotatable bonds is 1. The van der Waals surface area contributed by atoms with Gasteiger partial charge in [0.25, 0.3) is 0 Å². The van der Waals surface area contributed by atoms with Gasteiger partial charge < -0.3 is 14.5 Å². The molecule has 0 atom stereocenters. The maximum absolute atomic E-state index is 13.6. The molecule has 1 fully saturated rings. The summed E-state index contributed by atoms with van der Waals surface area (Å²) in [6, 6.07) is 5.08. The zero-order valence-corrected chi connectivity index (χ0v) is 14.1. The van der Waals surface area contributed by atoms with Crippen LogP contribution in [-0.2, 0) is 4.74 Å². The smallest absolute Gasteiger partial charge is 0.410 e. The number of hydrogen-bond acceptors (Lipinski definition) is 3. The van der Waals surface area contributed by atoms with Gasteiger partial charge in [-0.2, -0.15) is 0 Å². The Balaban J connectivity index is 1.94. The predicted molar refractivity (Wildman–Crippen MR) is 84.1 cm³/mol. The second-order valence-corrected chi connectivity index (χ2v) is 6.91. The van der Waals surface area contributed by atoms with E-state index in [2.05, 4.69) is 20.8 Å². The molecule has 116 valence electrons. The van der Waals surface area contributed by atoms with Crippen molar-refractivity contribution in [2.45, 2.75) is 26.4 Å². The van der Waals surface area contributed by atoms with Crippen LogP contribution in [0.4, 0.5) is 14.9 Å². The third-order valence-electron chi connectivity index (χ3n) is 3.20. The highest BCUT2D eigenvalue weighted by Gasteiger charge is 2.26. The number of carbonyl (C=O) groups is 1. The summed E-state index contributed by atoms with van der Waals surface area (Å²) in [6.07, 6.45) is -0.288. The molecule has 0 unspecified atom stereocenters. The molecular formula is C15H20BrFN2O2. The summed E-state index contributed by atoms with van der Waals surface area (Å²) in [5, 5.41) is 0. The Morgan fingerprint density at radius 2 is 1.86 bits per heavy atom. The molecule has 0 aromatic heterocycles. The maximum atomic E-state index is 13.6. The Labute approximate surface area is 133 Å². The third kappa shape index (κ3) is 4.33. The van der Waals surface area contributed by atoms with Crippen LogP contribution in [-0.4, -0.2) is 42.8 Å². The van der Waals surface area contributed by atoms with Crippen molar-refractivity contribution in [1.82, 2.24) is 4.90 Å². The molecule has 4 nitrogen and oxygen atoms in total. The van der Waals surface area contributed by atoms with Gasteiger partial charge in [-0.05, 0) is 54.9 Å². The van der Waals surface area contributed by atoms with Crippen LogP contribution in [0, 0.1) is 5.82 Å². The number of hydrogen-bond donors (Lipinski definition) is 0. The Morgan fingerprint density at radius 1 is 1.24 bits per heavy atom. The van der Waals surface area contributed by atoms with Crippen LogP contribution >= 0.6 is 15.9 Å². The van der Waals surface area contributed by atoms with Gasteiger partial charge in [0.2, 0.25) is 0 Å². The lowest BCUT2D eigenvalue weighted by Gasteiger charge is -2.36. The predicted octanol–water partition coefficient (Wildman–Crippen LogP) is 3.65. The first kappa shape index (κ1) is 16.1. The minimum atomic E-state index is -0.483. The van der Waals surface area contributed by atoms with Crippen LogP contribution in [0.15, 0.2) is 22.7 Å². The van der Waals surface area contributed by atoms with Gasteiger partial charge in [-0.15, -0.1) is 0 Å². The SMILES string of the molecule is CC(C)(C)OC(=O)N1CCN(c2ccc(Br)c(F)c2)CC1. The largest absolute Gasteiger partial charge is 0.444 e. The van der Waals surface area contributed by atoms with Crippen molar-refractivity contribution in [1.29, 1.82) is 0 Å². The first-order valence-corrected chi connectivity index (χ1v) is 7.73. The van der Waals surface area contributed by atoms with E-state index < -0.39 is 5.60 Å². The molecule has 0 radical (unpaired) electrons. The van der Waals surface area contributed by atoms with Crippen LogP contribution in [0.3, 0.4) is 0 Å². The standard InChI is InChI=1S/C15H20BrFN2O2/c1-15(2,3)21-14(20)19-8-6-18(7-9-19)11-4-5-12(16)13(17)10-11/h4-5,10H,6-9H2,1-3H3. The van der Waals surface area contributed by atoms with Gasteiger partial charge in [0.1, 0.15) is 11.4 Å². The van der Waals surface area contributed by atoms with Crippen LogP contribution < -0.4 is 4.90 Å². The van der Waals surface area contributed by atoms with Crippen LogP contribution in [0.5, 0.6) is 0 Å². The fourth-order valence-electron chi connectivity index (χ4n) is 2.16. The van der Waals surface area contributed by atoms with E-state index in [4.69, 9.17) is 4.74 Å². The summed E-state index contributed by atoms with van der Waals surface area (Å²) in [5.41, 5.74) is 0.350. The number of ether oxygens (including phenoxy) is 1. The summed E-state index contributed by atoms with van der Waals surface area (Å²) < 4.78 is 19.4. The molecule has 1 heterocycles.